The van der Waals surface area contributed by atoms with E-state index in [9.17, 15) is 13.0 Å². The van der Waals surface area contributed by atoms with E-state index in [0.717, 1.165) is 65.4 Å². The van der Waals surface area contributed by atoms with Crippen LogP contribution in [0.5, 0.6) is 11.5 Å². The number of benzene rings is 3. The standard InChI is InChI=1S/C25H20BrNO4S/c26-16-9-10-17-21(14-16)31-25-19-7-4-12-27-11-3-5-15(24(19)27)13-20(25)23(17)18-6-1-2-8-22(18)32(28,29)30/h1-2,6,8-10,13-14H,3-5,7,11-12H2. The fourth-order valence-electron chi connectivity index (χ4n) is 5.36. The third kappa shape index (κ3) is 3.06. The molecule has 3 aromatic rings. The van der Waals surface area contributed by atoms with Gasteiger partial charge in [-0.2, -0.15) is 0 Å². The number of rotatable bonds is 2. The lowest BCUT2D eigenvalue weighted by Gasteiger charge is -2.27. The van der Waals surface area contributed by atoms with E-state index >= 15 is 0 Å². The van der Waals surface area contributed by atoms with Gasteiger partial charge in [-0.1, -0.05) is 34.1 Å². The Bertz CT molecular complexity index is 1540. The van der Waals surface area contributed by atoms with Crippen molar-refractivity contribution >= 4 is 31.6 Å². The normalized spacial score (nSPS) is 16.7. The predicted octanol–water partition coefficient (Wildman–Crippen LogP) is 3.09. The Hall–Kier alpha value is -2.48. The van der Waals surface area contributed by atoms with Crippen molar-refractivity contribution in [2.24, 2.45) is 0 Å². The third-order valence-corrected chi connectivity index (χ3v) is 7.98. The van der Waals surface area contributed by atoms with Gasteiger partial charge in [0.2, 0.25) is 5.36 Å². The highest BCUT2D eigenvalue weighted by molar-refractivity contribution is 9.10. The molecule has 0 aromatic heterocycles. The van der Waals surface area contributed by atoms with Crippen LogP contribution in [0.1, 0.15) is 35.1 Å². The van der Waals surface area contributed by atoms with Crippen LogP contribution in [0.3, 0.4) is 0 Å². The molecule has 0 saturated carbocycles. The van der Waals surface area contributed by atoms with Gasteiger partial charge in [0.1, 0.15) is 34.7 Å². The molecule has 162 valence electrons. The molecule has 3 aliphatic heterocycles. The van der Waals surface area contributed by atoms with Crippen LogP contribution in [0.2, 0.25) is 0 Å². The van der Waals surface area contributed by atoms with E-state index in [1.54, 1.807) is 18.2 Å². The number of hydrogen-bond donors (Lipinski definition) is 0. The SMILES string of the molecule is O=S(=O)([O-])c1ccccc1C1=c2cc3c4c(c2Oc2cc(Br)ccc21)CCC[N+]=4CCC3. The number of aryl methyl sites for hydroxylation is 1. The van der Waals surface area contributed by atoms with Crippen molar-refractivity contribution in [1.29, 1.82) is 0 Å². The first-order valence-corrected chi connectivity index (χ1v) is 13.0. The van der Waals surface area contributed by atoms with Crippen LogP contribution in [-0.4, -0.2) is 26.1 Å². The van der Waals surface area contributed by atoms with E-state index in [0.29, 0.717) is 11.3 Å². The Balaban J connectivity index is 1.82. The lowest BCUT2D eigenvalue weighted by atomic mass is 9.87. The quantitative estimate of drug-likeness (QED) is 0.307. The summed E-state index contributed by atoms with van der Waals surface area (Å²) in [7, 11) is -4.66. The summed E-state index contributed by atoms with van der Waals surface area (Å²) < 4.78 is 46.3. The minimum absolute atomic E-state index is 0.204. The molecule has 6 rings (SSSR count). The molecule has 0 radical (unpaired) electrons. The van der Waals surface area contributed by atoms with Gasteiger partial charge in [-0.15, -0.1) is 0 Å². The Morgan fingerprint density at radius 2 is 1.75 bits per heavy atom. The van der Waals surface area contributed by atoms with Crippen molar-refractivity contribution in [2.45, 2.75) is 30.6 Å². The molecule has 0 saturated heterocycles. The van der Waals surface area contributed by atoms with E-state index in [2.05, 4.69) is 26.6 Å². The maximum absolute atomic E-state index is 12.2. The summed E-state index contributed by atoms with van der Waals surface area (Å²) in [6.07, 6.45) is 4.04. The van der Waals surface area contributed by atoms with Gasteiger partial charge in [-0.25, -0.2) is 13.0 Å². The highest BCUT2D eigenvalue weighted by Gasteiger charge is 2.31. The van der Waals surface area contributed by atoms with Gasteiger partial charge in [0.15, 0.2) is 0 Å². The van der Waals surface area contributed by atoms with Gasteiger partial charge < -0.3 is 9.29 Å². The summed E-state index contributed by atoms with van der Waals surface area (Å²) in [6.45, 7) is 2.10. The van der Waals surface area contributed by atoms with E-state index in [1.165, 1.54) is 22.6 Å². The minimum atomic E-state index is -4.66. The molecule has 0 amide bonds. The summed E-state index contributed by atoms with van der Waals surface area (Å²) >= 11 is 3.53. The average molecular weight is 510 g/mol. The van der Waals surface area contributed by atoms with Crippen molar-refractivity contribution in [2.75, 3.05) is 13.1 Å². The number of halogens is 1. The van der Waals surface area contributed by atoms with Gasteiger partial charge in [-0.3, -0.25) is 0 Å². The summed E-state index contributed by atoms with van der Waals surface area (Å²) in [5.41, 5.74) is 4.41. The largest absolute Gasteiger partial charge is 0.744 e. The van der Waals surface area contributed by atoms with Crippen molar-refractivity contribution in [1.82, 2.24) is 4.58 Å². The molecule has 0 bridgehead atoms. The molecule has 0 N–H and O–H groups in total. The van der Waals surface area contributed by atoms with Crippen LogP contribution in [-0.2, 0) is 23.0 Å². The van der Waals surface area contributed by atoms with E-state index in [-0.39, 0.29) is 4.90 Å². The third-order valence-electron chi connectivity index (χ3n) is 6.59. The van der Waals surface area contributed by atoms with Gasteiger partial charge >= 0.3 is 0 Å². The number of nitrogens with zero attached hydrogens (tertiary/aromatic N) is 1. The number of fused-ring (bicyclic) bond motifs is 3. The molecule has 0 fully saturated rings. The van der Waals surface area contributed by atoms with Crippen LogP contribution < -0.4 is 19.9 Å². The van der Waals surface area contributed by atoms with Crippen molar-refractivity contribution in [3.05, 3.63) is 85.8 Å². The fraction of sp³-hybridized carbons (Fsp3) is 0.240. The van der Waals surface area contributed by atoms with E-state index in [4.69, 9.17) is 4.74 Å². The zero-order valence-corrected chi connectivity index (χ0v) is 19.6. The second-order valence-corrected chi connectivity index (χ2v) is 10.8. The summed E-state index contributed by atoms with van der Waals surface area (Å²) in [4.78, 5) is -0.204. The number of hydrogen-bond acceptors (Lipinski definition) is 4. The highest BCUT2D eigenvalue weighted by Crippen LogP contribution is 2.40. The Kier molecular flexibility index (Phi) is 4.58. The molecule has 0 spiro atoms. The molecule has 32 heavy (non-hydrogen) atoms. The first kappa shape index (κ1) is 20.1. The smallest absolute Gasteiger partial charge is 0.210 e. The van der Waals surface area contributed by atoms with Crippen molar-refractivity contribution in [3.8, 4) is 11.5 Å². The zero-order chi connectivity index (χ0) is 22.0. The second kappa shape index (κ2) is 7.27. The van der Waals surface area contributed by atoms with Crippen molar-refractivity contribution in [3.63, 3.8) is 0 Å². The molecule has 3 heterocycles. The molecular formula is C25H20BrNO4S. The van der Waals surface area contributed by atoms with E-state index in [1.807, 2.05) is 18.2 Å². The Labute approximate surface area is 194 Å². The van der Waals surface area contributed by atoms with Gasteiger partial charge in [0.05, 0.1) is 10.5 Å². The minimum Gasteiger partial charge on any atom is -0.744 e. The van der Waals surface area contributed by atoms with Gasteiger partial charge in [0, 0.05) is 44.8 Å². The zero-order valence-electron chi connectivity index (χ0n) is 17.2. The van der Waals surface area contributed by atoms with Crippen LogP contribution in [0.15, 0.2) is 57.9 Å². The molecule has 0 aliphatic carbocycles. The maximum atomic E-state index is 12.2. The molecule has 7 heteroatoms. The second-order valence-electron chi connectivity index (χ2n) is 8.50. The molecule has 3 aliphatic rings. The first-order chi connectivity index (χ1) is 15.4. The summed E-state index contributed by atoms with van der Waals surface area (Å²) in [6, 6.07) is 14.4. The molecule has 0 unspecified atom stereocenters. The van der Waals surface area contributed by atoms with Crippen LogP contribution in [0, 0.1) is 0 Å². The van der Waals surface area contributed by atoms with Gasteiger partial charge in [0.25, 0.3) is 0 Å². The van der Waals surface area contributed by atoms with Crippen molar-refractivity contribution < 1.29 is 17.7 Å². The fourth-order valence-corrected chi connectivity index (χ4v) is 6.38. The average Bonchev–Trinajstić information content (AvgIpc) is 2.78. The monoisotopic (exact) mass is 509 g/mol. The summed E-state index contributed by atoms with van der Waals surface area (Å²) in [5, 5.41) is 2.15. The molecular weight excluding hydrogens is 490 g/mol. The lowest BCUT2D eigenvalue weighted by molar-refractivity contribution is 0.437. The molecule has 5 nitrogen and oxygen atoms in total. The van der Waals surface area contributed by atoms with Crippen LogP contribution >= 0.6 is 15.9 Å². The molecule has 0 atom stereocenters. The predicted molar refractivity (Wildman–Crippen MR) is 124 cm³/mol. The molecule has 3 aromatic carbocycles. The van der Waals surface area contributed by atoms with E-state index < -0.39 is 10.1 Å². The Morgan fingerprint density at radius 3 is 2.56 bits per heavy atom. The van der Waals surface area contributed by atoms with Crippen LogP contribution in [0.25, 0.3) is 5.57 Å². The highest BCUT2D eigenvalue weighted by atomic mass is 79.9. The topological polar surface area (TPSA) is 69.4 Å². The summed E-state index contributed by atoms with van der Waals surface area (Å²) in [5.74, 6) is 1.44. The van der Waals surface area contributed by atoms with Gasteiger partial charge in [-0.05, 0) is 43.2 Å². The first-order valence-electron chi connectivity index (χ1n) is 10.8. The van der Waals surface area contributed by atoms with Crippen LogP contribution in [0.4, 0.5) is 0 Å². The Morgan fingerprint density at radius 1 is 0.969 bits per heavy atom. The number of ether oxygens (including phenoxy) is 1. The lowest BCUT2D eigenvalue weighted by Crippen LogP contribution is -2.45. The maximum Gasteiger partial charge on any atom is 0.210 e.